The largest absolute Gasteiger partial charge is 0.390 e. The molecule has 3 rings (SSSR count). The van der Waals surface area contributed by atoms with E-state index in [1.807, 2.05) is 0 Å². The van der Waals surface area contributed by atoms with Gasteiger partial charge < -0.3 is 14.9 Å². The Labute approximate surface area is 75.5 Å². The van der Waals surface area contributed by atoms with Gasteiger partial charge in [0.15, 0.2) is 5.67 Å². The van der Waals surface area contributed by atoms with Gasteiger partial charge in [-0.15, -0.1) is 0 Å². The van der Waals surface area contributed by atoms with Crippen LogP contribution in [0.2, 0.25) is 0 Å². The van der Waals surface area contributed by atoms with Gasteiger partial charge in [0, 0.05) is 6.42 Å². The van der Waals surface area contributed by atoms with E-state index in [4.69, 9.17) is 4.74 Å². The molecule has 74 valence electrons. The van der Waals surface area contributed by atoms with Gasteiger partial charge >= 0.3 is 0 Å². The van der Waals surface area contributed by atoms with Gasteiger partial charge in [0.2, 0.25) is 0 Å². The van der Waals surface area contributed by atoms with Gasteiger partial charge in [-0.25, -0.2) is 4.39 Å². The van der Waals surface area contributed by atoms with Gasteiger partial charge in [-0.3, -0.25) is 0 Å². The van der Waals surface area contributed by atoms with Crippen LogP contribution in [0.1, 0.15) is 26.2 Å². The molecule has 3 aliphatic rings. The number of hydrogen-bond acceptors (Lipinski definition) is 3. The summed E-state index contributed by atoms with van der Waals surface area (Å²) in [5.74, 6) is 0. The molecule has 1 heterocycles. The van der Waals surface area contributed by atoms with Gasteiger partial charge in [-0.05, 0) is 19.8 Å². The Morgan fingerprint density at radius 2 is 1.92 bits per heavy atom. The lowest BCUT2D eigenvalue weighted by Gasteiger charge is -2.23. The average Bonchev–Trinajstić information content (AvgIpc) is 2.90. The summed E-state index contributed by atoms with van der Waals surface area (Å²) in [6, 6.07) is 0. The maximum Gasteiger partial charge on any atom is 0.165 e. The van der Waals surface area contributed by atoms with Gasteiger partial charge in [0.05, 0.1) is 6.10 Å². The molecule has 4 heteroatoms. The standard InChI is InChI=1S/C9H13FO3/c1-7(10)6(12)9(4-5(9)11)13-8(7)2-3-8/h5-6,11-12H,2-4H2,1H3/t5?,6-,7+,9?/m0/s1. The van der Waals surface area contributed by atoms with E-state index in [0.717, 1.165) is 0 Å². The van der Waals surface area contributed by atoms with Crippen molar-refractivity contribution in [3.8, 4) is 0 Å². The molecule has 0 amide bonds. The molecule has 2 unspecified atom stereocenters. The zero-order valence-corrected chi connectivity index (χ0v) is 7.46. The molecule has 0 aromatic heterocycles. The van der Waals surface area contributed by atoms with Gasteiger partial charge in [0.25, 0.3) is 0 Å². The van der Waals surface area contributed by atoms with Crippen LogP contribution in [-0.4, -0.2) is 39.3 Å². The van der Waals surface area contributed by atoms with Crippen molar-refractivity contribution in [3.63, 3.8) is 0 Å². The van der Waals surface area contributed by atoms with E-state index in [1.54, 1.807) is 0 Å². The van der Waals surface area contributed by atoms with Gasteiger partial charge in [-0.2, -0.15) is 0 Å². The first-order valence-corrected chi connectivity index (χ1v) is 4.70. The number of alkyl halides is 1. The SMILES string of the molecule is C[C@@]1(F)[C@H](O)C2(CC2O)OC12CC2. The molecule has 4 atom stereocenters. The van der Waals surface area contributed by atoms with Crippen molar-refractivity contribution < 1.29 is 19.3 Å². The topological polar surface area (TPSA) is 49.7 Å². The fourth-order valence-electron chi connectivity index (χ4n) is 2.58. The zero-order chi connectivity index (χ0) is 9.48. The summed E-state index contributed by atoms with van der Waals surface area (Å²) < 4.78 is 19.6. The quantitative estimate of drug-likeness (QED) is 0.568. The van der Waals surface area contributed by atoms with Crippen LogP contribution in [0, 0.1) is 0 Å². The molecule has 1 aliphatic heterocycles. The second kappa shape index (κ2) is 1.78. The first-order chi connectivity index (χ1) is 5.95. The van der Waals surface area contributed by atoms with Gasteiger partial charge in [-0.1, -0.05) is 0 Å². The predicted molar refractivity (Wildman–Crippen MR) is 41.9 cm³/mol. The van der Waals surface area contributed by atoms with Crippen molar-refractivity contribution in [2.45, 2.75) is 55.3 Å². The Balaban J connectivity index is 2.00. The molecule has 2 aliphatic carbocycles. The van der Waals surface area contributed by atoms with Crippen molar-refractivity contribution in [2.75, 3.05) is 0 Å². The fraction of sp³-hybridized carbons (Fsp3) is 1.00. The summed E-state index contributed by atoms with van der Waals surface area (Å²) in [7, 11) is 0. The van der Waals surface area contributed by atoms with Crippen LogP contribution in [0.25, 0.3) is 0 Å². The first-order valence-electron chi connectivity index (χ1n) is 4.70. The monoisotopic (exact) mass is 188 g/mol. The predicted octanol–water partition coefficient (Wildman–Crippen LogP) is 0.142. The van der Waals surface area contributed by atoms with Crippen molar-refractivity contribution >= 4 is 0 Å². The molecule has 2 N–H and O–H groups in total. The Morgan fingerprint density at radius 1 is 1.38 bits per heavy atom. The highest BCUT2D eigenvalue weighted by Crippen LogP contribution is 2.66. The van der Waals surface area contributed by atoms with Crippen molar-refractivity contribution in [1.82, 2.24) is 0 Å². The number of hydrogen-bond donors (Lipinski definition) is 2. The van der Waals surface area contributed by atoms with Crippen LogP contribution in [-0.2, 0) is 4.74 Å². The Bertz CT molecular complexity index is 274. The third-order valence-corrected chi connectivity index (χ3v) is 3.87. The summed E-state index contributed by atoms with van der Waals surface area (Å²) in [4.78, 5) is 0. The van der Waals surface area contributed by atoms with Crippen LogP contribution in [0.4, 0.5) is 4.39 Å². The Hall–Kier alpha value is -0.190. The maximum absolute atomic E-state index is 14.1. The van der Waals surface area contributed by atoms with E-state index in [9.17, 15) is 14.6 Å². The summed E-state index contributed by atoms with van der Waals surface area (Å²) in [5, 5.41) is 19.1. The highest BCUT2D eigenvalue weighted by atomic mass is 19.1. The minimum absolute atomic E-state index is 0.370. The van der Waals surface area contributed by atoms with Crippen molar-refractivity contribution in [2.24, 2.45) is 0 Å². The second-order valence-electron chi connectivity index (χ2n) is 4.75. The minimum Gasteiger partial charge on any atom is -0.390 e. The zero-order valence-electron chi connectivity index (χ0n) is 7.46. The molecule has 0 aromatic rings. The van der Waals surface area contributed by atoms with Crippen LogP contribution in [0.5, 0.6) is 0 Å². The van der Waals surface area contributed by atoms with Crippen LogP contribution in [0.15, 0.2) is 0 Å². The summed E-state index contributed by atoms with van der Waals surface area (Å²) >= 11 is 0. The second-order valence-corrected chi connectivity index (χ2v) is 4.75. The van der Waals surface area contributed by atoms with Crippen molar-refractivity contribution in [3.05, 3.63) is 0 Å². The number of aliphatic hydroxyl groups is 2. The smallest absolute Gasteiger partial charge is 0.165 e. The van der Waals surface area contributed by atoms with E-state index >= 15 is 0 Å². The summed E-state index contributed by atoms with van der Waals surface area (Å²) in [5.41, 5.74) is -3.45. The van der Waals surface area contributed by atoms with Crippen LogP contribution < -0.4 is 0 Å². The molecular weight excluding hydrogens is 175 g/mol. The molecule has 3 nitrogen and oxygen atoms in total. The number of rotatable bonds is 0. The lowest BCUT2D eigenvalue weighted by Crippen LogP contribution is -2.43. The molecule has 13 heavy (non-hydrogen) atoms. The lowest BCUT2D eigenvalue weighted by atomic mass is 9.92. The third-order valence-electron chi connectivity index (χ3n) is 3.87. The van der Waals surface area contributed by atoms with Crippen LogP contribution in [0.3, 0.4) is 0 Å². The summed E-state index contributed by atoms with van der Waals surface area (Å²) in [6.07, 6.45) is -0.165. The molecule has 2 saturated carbocycles. The van der Waals surface area contributed by atoms with Crippen LogP contribution >= 0.6 is 0 Å². The molecule has 0 bridgehead atoms. The van der Waals surface area contributed by atoms with E-state index in [-0.39, 0.29) is 0 Å². The third kappa shape index (κ3) is 0.682. The van der Waals surface area contributed by atoms with Crippen molar-refractivity contribution in [1.29, 1.82) is 0 Å². The molecule has 2 spiro atoms. The lowest BCUT2D eigenvalue weighted by molar-refractivity contribution is -0.0482. The Kier molecular flexibility index (Phi) is 1.12. The van der Waals surface area contributed by atoms with E-state index < -0.39 is 29.1 Å². The molecule has 3 fully saturated rings. The normalized spacial score (nSPS) is 61.8. The fourth-order valence-corrected chi connectivity index (χ4v) is 2.58. The van der Waals surface area contributed by atoms with Gasteiger partial charge in [0.1, 0.15) is 17.3 Å². The minimum atomic E-state index is -1.69. The Morgan fingerprint density at radius 3 is 2.15 bits per heavy atom. The maximum atomic E-state index is 14.1. The average molecular weight is 188 g/mol. The number of ether oxygens (including phenoxy) is 1. The molecular formula is C9H13FO3. The summed E-state index contributed by atoms with van der Waals surface area (Å²) in [6.45, 7) is 1.38. The molecule has 1 saturated heterocycles. The molecule has 0 radical (unpaired) electrons. The highest BCUT2D eigenvalue weighted by Gasteiger charge is 2.81. The van der Waals surface area contributed by atoms with E-state index in [1.165, 1.54) is 6.92 Å². The van der Waals surface area contributed by atoms with E-state index in [2.05, 4.69) is 0 Å². The number of aliphatic hydroxyl groups excluding tert-OH is 2. The van der Waals surface area contributed by atoms with E-state index in [0.29, 0.717) is 19.3 Å². The number of halogens is 1. The first kappa shape index (κ1) is 8.15. The molecule has 0 aromatic carbocycles. The highest BCUT2D eigenvalue weighted by molar-refractivity contribution is 5.30.